The normalized spacial score (nSPS) is 16.9. The van der Waals surface area contributed by atoms with Crippen molar-refractivity contribution in [1.82, 2.24) is 10.6 Å². The lowest BCUT2D eigenvalue weighted by atomic mass is 9.97. The Kier molecular flexibility index (Phi) is 11.5. The van der Waals surface area contributed by atoms with Gasteiger partial charge in [-0.3, -0.25) is 9.59 Å². The number of anilines is 2. The molecular weight excluding hydrogens is 495 g/mol. The fraction of sp³-hybridized carbons (Fsp3) is 0.517. The quantitative estimate of drug-likeness (QED) is 0.335. The summed E-state index contributed by atoms with van der Waals surface area (Å²) in [5.41, 5.74) is -0.227. The third-order valence-corrected chi connectivity index (χ3v) is 6.90. The molecule has 1 aliphatic rings. The summed E-state index contributed by atoms with van der Waals surface area (Å²) in [4.78, 5) is 26.1. The van der Waals surface area contributed by atoms with Crippen LogP contribution in [0, 0.1) is 0 Å². The first-order chi connectivity index (χ1) is 18.3. The largest absolute Gasteiger partial charge is 0.416 e. The van der Waals surface area contributed by atoms with Crippen molar-refractivity contribution < 1.29 is 27.9 Å². The average molecular weight is 534 g/mol. The minimum atomic E-state index is -4.50. The molecule has 2 aromatic rings. The van der Waals surface area contributed by atoms with Gasteiger partial charge in [-0.2, -0.15) is 13.2 Å². The molecule has 2 aromatic carbocycles. The number of hydrogen-bond donors (Lipinski definition) is 4. The van der Waals surface area contributed by atoms with Gasteiger partial charge in [0.1, 0.15) is 6.04 Å². The highest BCUT2D eigenvalue weighted by atomic mass is 19.4. The van der Waals surface area contributed by atoms with E-state index < -0.39 is 36.2 Å². The number of aliphatic hydroxyl groups is 1. The third kappa shape index (κ3) is 9.35. The summed E-state index contributed by atoms with van der Waals surface area (Å²) in [6, 6.07) is 9.85. The van der Waals surface area contributed by atoms with Gasteiger partial charge in [0.25, 0.3) is 5.91 Å². The lowest BCUT2D eigenvalue weighted by molar-refractivity contribution is -0.137. The van der Waals surface area contributed by atoms with E-state index >= 15 is 0 Å². The maximum atomic E-state index is 13.1. The summed E-state index contributed by atoms with van der Waals surface area (Å²) < 4.78 is 39.3. The minimum absolute atomic E-state index is 0.0114. The lowest BCUT2D eigenvalue weighted by Gasteiger charge is -2.23. The predicted molar refractivity (Wildman–Crippen MR) is 142 cm³/mol. The van der Waals surface area contributed by atoms with Gasteiger partial charge in [0.2, 0.25) is 5.91 Å². The van der Waals surface area contributed by atoms with Crippen molar-refractivity contribution in [2.75, 3.05) is 11.9 Å². The molecule has 9 heteroatoms. The first-order valence-corrected chi connectivity index (χ1v) is 13.5. The molecule has 1 fully saturated rings. The molecule has 0 aromatic heterocycles. The van der Waals surface area contributed by atoms with Crippen LogP contribution in [0.4, 0.5) is 24.5 Å². The van der Waals surface area contributed by atoms with Crippen LogP contribution in [0.3, 0.4) is 0 Å². The van der Waals surface area contributed by atoms with Gasteiger partial charge in [-0.05, 0) is 43.2 Å². The molecule has 0 radical (unpaired) electrons. The van der Waals surface area contributed by atoms with E-state index in [0.717, 1.165) is 50.7 Å². The average Bonchev–Trinajstić information content (AvgIpc) is 2.88. The molecule has 0 spiro atoms. The van der Waals surface area contributed by atoms with E-state index in [0.29, 0.717) is 0 Å². The van der Waals surface area contributed by atoms with Crippen molar-refractivity contribution >= 4 is 23.2 Å². The standard InChI is InChI=1S/C29H38F3N3O3/c30-29(31,32)21-13-12-16-23(19-21)33-25-18-11-10-17-24(25)27(37)35-26(20-36)28(38)34-22-14-8-6-4-2-1-3-5-7-9-15-22/h10-13,16-19,22,26,33,36H,1-9,14-15,20H2,(H,34,38)(H,35,37)/t26-/m0/s1. The first kappa shape index (κ1) is 29.5. The number of benzene rings is 2. The molecule has 0 aliphatic heterocycles. The zero-order valence-electron chi connectivity index (χ0n) is 21.7. The Morgan fingerprint density at radius 1 is 0.868 bits per heavy atom. The molecule has 38 heavy (non-hydrogen) atoms. The van der Waals surface area contributed by atoms with Crippen molar-refractivity contribution in [1.29, 1.82) is 0 Å². The van der Waals surface area contributed by atoms with Gasteiger partial charge in [0.15, 0.2) is 0 Å². The molecule has 6 nitrogen and oxygen atoms in total. The highest BCUT2D eigenvalue weighted by molar-refractivity contribution is 6.02. The Morgan fingerprint density at radius 2 is 1.47 bits per heavy atom. The van der Waals surface area contributed by atoms with E-state index in [9.17, 15) is 27.9 Å². The predicted octanol–water partition coefficient (Wildman–Crippen LogP) is 6.33. The van der Waals surface area contributed by atoms with Crippen LogP contribution in [0.25, 0.3) is 0 Å². The third-order valence-electron chi connectivity index (χ3n) is 6.90. The first-order valence-electron chi connectivity index (χ1n) is 13.5. The monoisotopic (exact) mass is 533 g/mol. The fourth-order valence-corrected chi connectivity index (χ4v) is 4.76. The maximum Gasteiger partial charge on any atom is 0.416 e. The summed E-state index contributed by atoms with van der Waals surface area (Å²) in [7, 11) is 0. The summed E-state index contributed by atoms with van der Waals surface area (Å²) >= 11 is 0. The zero-order valence-corrected chi connectivity index (χ0v) is 21.7. The van der Waals surface area contributed by atoms with Crippen molar-refractivity contribution in [3.63, 3.8) is 0 Å². The molecule has 1 aliphatic carbocycles. The molecule has 3 rings (SSSR count). The van der Waals surface area contributed by atoms with Crippen LogP contribution in [-0.2, 0) is 11.0 Å². The number of carbonyl (C=O) groups is 2. The molecule has 1 atom stereocenters. The Morgan fingerprint density at radius 3 is 2.08 bits per heavy atom. The van der Waals surface area contributed by atoms with Crippen LogP contribution in [-0.4, -0.2) is 35.6 Å². The highest BCUT2D eigenvalue weighted by Crippen LogP contribution is 2.32. The van der Waals surface area contributed by atoms with E-state index in [1.165, 1.54) is 50.3 Å². The maximum absolute atomic E-state index is 13.1. The van der Waals surface area contributed by atoms with Gasteiger partial charge < -0.3 is 21.1 Å². The second-order valence-electron chi connectivity index (χ2n) is 9.92. The van der Waals surface area contributed by atoms with E-state index in [-0.39, 0.29) is 23.0 Å². The summed E-state index contributed by atoms with van der Waals surface area (Å²) in [5.74, 6) is -1.06. The number of nitrogens with one attached hydrogen (secondary N) is 3. The highest BCUT2D eigenvalue weighted by Gasteiger charge is 2.30. The van der Waals surface area contributed by atoms with Gasteiger partial charge in [0, 0.05) is 11.7 Å². The Hall–Kier alpha value is -3.07. The van der Waals surface area contributed by atoms with Crippen molar-refractivity contribution in [3.8, 4) is 0 Å². The number of halogens is 3. The Bertz CT molecular complexity index is 1030. The van der Waals surface area contributed by atoms with Gasteiger partial charge in [0.05, 0.1) is 23.4 Å². The van der Waals surface area contributed by atoms with E-state index in [4.69, 9.17) is 0 Å². The lowest BCUT2D eigenvalue weighted by Crippen LogP contribution is -2.51. The van der Waals surface area contributed by atoms with Gasteiger partial charge in [-0.25, -0.2) is 0 Å². The van der Waals surface area contributed by atoms with E-state index in [1.807, 2.05) is 0 Å². The minimum Gasteiger partial charge on any atom is -0.394 e. The summed E-state index contributed by atoms with van der Waals surface area (Å²) in [5, 5.41) is 18.3. The van der Waals surface area contributed by atoms with Gasteiger partial charge in [-0.15, -0.1) is 0 Å². The molecule has 0 bridgehead atoms. The molecule has 0 unspecified atom stereocenters. The molecule has 208 valence electrons. The fourth-order valence-electron chi connectivity index (χ4n) is 4.76. The van der Waals surface area contributed by atoms with Crippen molar-refractivity contribution in [2.45, 2.75) is 88.9 Å². The van der Waals surface area contributed by atoms with Crippen LogP contribution in [0.15, 0.2) is 48.5 Å². The van der Waals surface area contributed by atoms with Gasteiger partial charge in [-0.1, -0.05) is 76.0 Å². The number of amides is 2. The molecule has 1 saturated carbocycles. The number of carbonyl (C=O) groups excluding carboxylic acids is 2. The summed E-state index contributed by atoms with van der Waals surface area (Å²) in [6.07, 6.45) is 7.71. The Labute approximate surface area is 222 Å². The zero-order chi connectivity index (χ0) is 27.4. The van der Waals surface area contributed by atoms with E-state index in [2.05, 4.69) is 16.0 Å². The number of aliphatic hydroxyl groups excluding tert-OH is 1. The smallest absolute Gasteiger partial charge is 0.394 e. The second kappa shape index (κ2) is 14.8. The van der Waals surface area contributed by atoms with Crippen LogP contribution in [0.1, 0.15) is 86.6 Å². The Balaban J connectivity index is 1.65. The number of rotatable bonds is 7. The molecular formula is C29H38F3N3O3. The topological polar surface area (TPSA) is 90.5 Å². The van der Waals surface area contributed by atoms with Crippen molar-refractivity contribution in [3.05, 3.63) is 59.7 Å². The van der Waals surface area contributed by atoms with Crippen molar-refractivity contribution in [2.24, 2.45) is 0 Å². The van der Waals surface area contributed by atoms with Crippen LogP contribution < -0.4 is 16.0 Å². The molecule has 4 N–H and O–H groups in total. The molecule has 0 heterocycles. The van der Waals surface area contributed by atoms with Crippen LogP contribution >= 0.6 is 0 Å². The SMILES string of the molecule is O=C(N[C@@H](CO)C(=O)NC1CCCCCCCCCCC1)c1ccccc1Nc1cccc(C(F)(F)F)c1. The van der Waals surface area contributed by atoms with Gasteiger partial charge >= 0.3 is 6.18 Å². The number of alkyl halides is 3. The summed E-state index contributed by atoms with van der Waals surface area (Å²) in [6.45, 7) is -0.576. The van der Waals surface area contributed by atoms with Crippen LogP contribution in [0.2, 0.25) is 0 Å². The molecule has 2 amide bonds. The number of para-hydroxylation sites is 1. The van der Waals surface area contributed by atoms with Crippen LogP contribution in [0.5, 0.6) is 0 Å². The number of hydrogen-bond acceptors (Lipinski definition) is 4. The molecule has 0 saturated heterocycles. The second-order valence-corrected chi connectivity index (χ2v) is 9.92. The van der Waals surface area contributed by atoms with E-state index in [1.54, 1.807) is 18.2 Å².